The maximum absolute atomic E-state index is 14.0. The SMILES string of the molecule is CCCOc1ncc2c(Oc3ccc(C)cc3F)ccnc2c1Br. The van der Waals surface area contributed by atoms with E-state index in [1.165, 1.54) is 6.07 Å². The van der Waals surface area contributed by atoms with E-state index >= 15 is 0 Å². The Morgan fingerprint density at radius 2 is 2.00 bits per heavy atom. The molecule has 0 aliphatic rings. The number of fused-ring (bicyclic) bond motifs is 1. The van der Waals surface area contributed by atoms with Crippen molar-refractivity contribution in [1.29, 1.82) is 0 Å². The van der Waals surface area contributed by atoms with E-state index in [4.69, 9.17) is 9.47 Å². The van der Waals surface area contributed by atoms with Crippen LogP contribution in [0.1, 0.15) is 18.9 Å². The smallest absolute Gasteiger partial charge is 0.230 e. The summed E-state index contributed by atoms with van der Waals surface area (Å²) in [5.74, 6) is 0.721. The Bertz CT molecular complexity index is 886. The second-order valence-electron chi connectivity index (χ2n) is 5.33. The number of rotatable bonds is 5. The lowest BCUT2D eigenvalue weighted by atomic mass is 10.2. The number of ether oxygens (including phenoxy) is 2. The molecule has 0 fully saturated rings. The van der Waals surface area contributed by atoms with Crippen molar-refractivity contribution in [3.8, 4) is 17.4 Å². The highest BCUT2D eigenvalue weighted by atomic mass is 79.9. The van der Waals surface area contributed by atoms with Crippen LogP contribution in [-0.4, -0.2) is 16.6 Å². The molecule has 24 heavy (non-hydrogen) atoms. The van der Waals surface area contributed by atoms with Crippen LogP contribution >= 0.6 is 15.9 Å². The summed E-state index contributed by atoms with van der Waals surface area (Å²) in [6.45, 7) is 4.42. The molecule has 0 atom stereocenters. The van der Waals surface area contributed by atoms with Gasteiger partial charge in [0.15, 0.2) is 11.6 Å². The third-order valence-corrected chi connectivity index (χ3v) is 4.12. The zero-order valence-electron chi connectivity index (χ0n) is 13.3. The average molecular weight is 391 g/mol. The monoisotopic (exact) mass is 390 g/mol. The zero-order valence-corrected chi connectivity index (χ0v) is 14.9. The Balaban J connectivity index is 2.01. The minimum atomic E-state index is -0.408. The van der Waals surface area contributed by atoms with Gasteiger partial charge in [-0.3, -0.25) is 4.98 Å². The van der Waals surface area contributed by atoms with Crippen molar-refractivity contribution in [2.45, 2.75) is 20.3 Å². The molecular weight excluding hydrogens is 375 g/mol. The molecule has 4 nitrogen and oxygen atoms in total. The Hall–Kier alpha value is -2.21. The molecule has 3 rings (SSSR count). The predicted molar refractivity (Wildman–Crippen MR) is 94.2 cm³/mol. The third kappa shape index (κ3) is 3.33. The molecule has 0 aliphatic carbocycles. The molecule has 0 amide bonds. The van der Waals surface area contributed by atoms with Gasteiger partial charge in [0.1, 0.15) is 10.2 Å². The van der Waals surface area contributed by atoms with Crippen LogP contribution < -0.4 is 9.47 Å². The van der Waals surface area contributed by atoms with E-state index in [0.29, 0.717) is 33.6 Å². The number of hydrogen-bond acceptors (Lipinski definition) is 4. The highest BCUT2D eigenvalue weighted by molar-refractivity contribution is 9.10. The Morgan fingerprint density at radius 1 is 1.17 bits per heavy atom. The number of aromatic nitrogens is 2. The minimum Gasteiger partial charge on any atom is -0.477 e. The maximum Gasteiger partial charge on any atom is 0.230 e. The minimum absolute atomic E-state index is 0.163. The van der Waals surface area contributed by atoms with Gasteiger partial charge < -0.3 is 9.47 Å². The van der Waals surface area contributed by atoms with Crippen molar-refractivity contribution in [3.05, 3.63) is 52.5 Å². The van der Waals surface area contributed by atoms with Crippen LogP contribution in [0.4, 0.5) is 4.39 Å². The van der Waals surface area contributed by atoms with E-state index in [2.05, 4.69) is 25.9 Å². The van der Waals surface area contributed by atoms with Crippen LogP contribution in [0.25, 0.3) is 10.9 Å². The first-order valence-corrected chi connectivity index (χ1v) is 8.39. The molecule has 3 aromatic rings. The first-order valence-electron chi connectivity index (χ1n) is 7.60. The maximum atomic E-state index is 14.0. The van der Waals surface area contributed by atoms with Gasteiger partial charge in [-0.15, -0.1) is 0 Å². The van der Waals surface area contributed by atoms with Crippen molar-refractivity contribution in [2.75, 3.05) is 6.61 Å². The van der Waals surface area contributed by atoms with Gasteiger partial charge in [-0.05, 0) is 53.0 Å². The molecule has 0 spiro atoms. The third-order valence-electron chi connectivity index (χ3n) is 3.41. The summed E-state index contributed by atoms with van der Waals surface area (Å²) in [5, 5.41) is 0.674. The number of nitrogens with zero attached hydrogens (tertiary/aromatic N) is 2. The Kier molecular flexibility index (Phi) is 4.94. The van der Waals surface area contributed by atoms with Crippen LogP contribution in [0.15, 0.2) is 41.1 Å². The van der Waals surface area contributed by atoms with Crippen LogP contribution in [-0.2, 0) is 0 Å². The normalized spacial score (nSPS) is 10.8. The summed E-state index contributed by atoms with van der Waals surface area (Å²) in [4.78, 5) is 8.65. The van der Waals surface area contributed by atoms with E-state index in [1.54, 1.807) is 30.6 Å². The van der Waals surface area contributed by atoms with Crippen LogP contribution in [0, 0.1) is 12.7 Å². The van der Waals surface area contributed by atoms with E-state index in [0.717, 1.165) is 12.0 Å². The molecule has 6 heteroatoms. The van der Waals surface area contributed by atoms with Gasteiger partial charge in [-0.1, -0.05) is 13.0 Å². The second-order valence-corrected chi connectivity index (χ2v) is 6.13. The van der Waals surface area contributed by atoms with Gasteiger partial charge in [0, 0.05) is 12.4 Å². The fraction of sp³-hybridized carbons (Fsp3) is 0.222. The van der Waals surface area contributed by atoms with Crippen molar-refractivity contribution in [3.63, 3.8) is 0 Å². The molecule has 124 valence electrons. The molecule has 0 bridgehead atoms. The molecule has 0 radical (unpaired) electrons. The number of hydrogen-bond donors (Lipinski definition) is 0. The summed E-state index contributed by atoms with van der Waals surface area (Å²) < 4.78 is 26.0. The van der Waals surface area contributed by atoms with Gasteiger partial charge in [-0.25, -0.2) is 9.37 Å². The van der Waals surface area contributed by atoms with E-state index < -0.39 is 5.82 Å². The van der Waals surface area contributed by atoms with E-state index in [1.807, 2.05) is 13.8 Å². The number of halogens is 2. The Labute approximate surface area is 147 Å². The molecule has 0 aliphatic heterocycles. The molecule has 1 aromatic carbocycles. The molecule has 0 N–H and O–H groups in total. The van der Waals surface area contributed by atoms with E-state index in [9.17, 15) is 4.39 Å². The summed E-state index contributed by atoms with van der Waals surface area (Å²) >= 11 is 3.48. The van der Waals surface area contributed by atoms with Crippen LogP contribution in [0.3, 0.4) is 0 Å². The van der Waals surface area contributed by atoms with Gasteiger partial charge in [-0.2, -0.15) is 0 Å². The highest BCUT2D eigenvalue weighted by Crippen LogP contribution is 2.36. The topological polar surface area (TPSA) is 44.2 Å². The molecule has 0 saturated carbocycles. The van der Waals surface area contributed by atoms with Gasteiger partial charge >= 0.3 is 0 Å². The van der Waals surface area contributed by atoms with Crippen LogP contribution in [0.2, 0.25) is 0 Å². The first kappa shape index (κ1) is 16.6. The molecule has 2 heterocycles. The fourth-order valence-corrected chi connectivity index (χ4v) is 2.76. The first-order chi connectivity index (χ1) is 11.6. The quantitative estimate of drug-likeness (QED) is 0.583. The summed E-state index contributed by atoms with van der Waals surface area (Å²) in [6.07, 6.45) is 4.12. The molecular formula is C18H16BrFN2O2. The highest BCUT2D eigenvalue weighted by Gasteiger charge is 2.14. The van der Waals surface area contributed by atoms with Gasteiger partial charge in [0.05, 0.1) is 17.5 Å². The number of pyridine rings is 2. The molecule has 0 saturated heterocycles. The molecule has 0 unspecified atom stereocenters. The summed E-state index contributed by atoms with van der Waals surface area (Å²) in [5.41, 5.74) is 1.49. The largest absolute Gasteiger partial charge is 0.477 e. The second kappa shape index (κ2) is 7.13. The lowest BCUT2D eigenvalue weighted by Crippen LogP contribution is -1.99. The van der Waals surface area contributed by atoms with Crippen molar-refractivity contribution < 1.29 is 13.9 Å². The fourth-order valence-electron chi connectivity index (χ4n) is 2.23. The molecule has 2 aromatic heterocycles. The van der Waals surface area contributed by atoms with Crippen molar-refractivity contribution >= 4 is 26.8 Å². The zero-order chi connectivity index (χ0) is 17.1. The number of aryl methyl sites for hydroxylation is 1. The summed E-state index contributed by atoms with van der Waals surface area (Å²) in [6, 6.07) is 6.52. The van der Waals surface area contributed by atoms with E-state index in [-0.39, 0.29) is 5.75 Å². The number of benzene rings is 1. The standard InChI is InChI=1S/C18H16BrFN2O2/c1-3-8-23-18-16(19)17-12(10-22-18)14(6-7-21-17)24-15-5-4-11(2)9-13(15)20/h4-7,9-10H,3,8H2,1-2H3. The van der Waals surface area contributed by atoms with Crippen LogP contribution in [0.5, 0.6) is 17.4 Å². The van der Waals surface area contributed by atoms with Crippen molar-refractivity contribution in [2.24, 2.45) is 0 Å². The lowest BCUT2D eigenvalue weighted by Gasteiger charge is -2.12. The lowest BCUT2D eigenvalue weighted by molar-refractivity contribution is 0.304. The Morgan fingerprint density at radius 3 is 2.75 bits per heavy atom. The predicted octanol–water partition coefficient (Wildman–Crippen LogP) is 5.42. The van der Waals surface area contributed by atoms with Gasteiger partial charge in [0.2, 0.25) is 5.88 Å². The van der Waals surface area contributed by atoms with Gasteiger partial charge in [0.25, 0.3) is 0 Å². The summed E-state index contributed by atoms with van der Waals surface area (Å²) in [7, 11) is 0. The van der Waals surface area contributed by atoms with Crippen molar-refractivity contribution in [1.82, 2.24) is 9.97 Å². The average Bonchev–Trinajstić information content (AvgIpc) is 2.57.